The maximum atomic E-state index is 11.5. The van der Waals surface area contributed by atoms with E-state index in [2.05, 4.69) is 12.6 Å². The van der Waals surface area contributed by atoms with Gasteiger partial charge in [-0.15, -0.1) is 0 Å². The predicted molar refractivity (Wildman–Crippen MR) is 45.9 cm³/mol. The van der Waals surface area contributed by atoms with Gasteiger partial charge >= 0.3 is 0 Å². The van der Waals surface area contributed by atoms with Crippen molar-refractivity contribution < 1.29 is 4.79 Å². The Morgan fingerprint density at radius 3 is 3.08 bits per heavy atom. The molecule has 0 aromatic heterocycles. The van der Waals surface area contributed by atoms with Gasteiger partial charge in [-0.3, -0.25) is 4.79 Å². The van der Waals surface area contributed by atoms with Gasteiger partial charge in [-0.2, -0.15) is 0 Å². The number of rotatable bonds is 0. The first kappa shape index (κ1) is 7.59. The molecule has 2 aliphatic rings. The first-order valence-corrected chi connectivity index (χ1v) is 4.15. The molecule has 0 N–H and O–H groups in total. The van der Waals surface area contributed by atoms with Crippen LogP contribution in [0.25, 0.3) is 0 Å². The van der Waals surface area contributed by atoms with Crippen molar-refractivity contribution in [2.75, 3.05) is 7.05 Å². The molecular formula is C10H11NO. The second kappa shape index (κ2) is 2.77. The summed E-state index contributed by atoms with van der Waals surface area (Å²) in [6.07, 6.45) is 8.86. The minimum Gasteiger partial charge on any atom is -0.335 e. The van der Waals surface area contributed by atoms with Gasteiger partial charge < -0.3 is 4.90 Å². The van der Waals surface area contributed by atoms with Crippen LogP contribution in [0.2, 0.25) is 0 Å². The van der Waals surface area contributed by atoms with E-state index < -0.39 is 0 Å². The van der Waals surface area contributed by atoms with Gasteiger partial charge in [0.25, 0.3) is 0 Å². The molecule has 0 aromatic rings. The molecular weight excluding hydrogens is 150 g/mol. The monoisotopic (exact) mass is 161 g/mol. The summed E-state index contributed by atoms with van der Waals surface area (Å²) in [5.41, 5.74) is 0. The van der Waals surface area contributed by atoms with Crippen molar-refractivity contribution in [3.05, 3.63) is 30.8 Å². The lowest BCUT2D eigenvalue weighted by molar-refractivity contribution is -0.134. The van der Waals surface area contributed by atoms with Crippen LogP contribution in [-0.2, 0) is 4.79 Å². The number of hydrogen-bond donors (Lipinski definition) is 0. The second-order valence-corrected chi connectivity index (χ2v) is 3.22. The number of allylic oxidation sites excluding steroid dienone is 3. The van der Waals surface area contributed by atoms with E-state index in [9.17, 15) is 4.79 Å². The largest absolute Gasteiger partial charge is 0.335 e. The minimum absolute atomic E-state index is 0.0567. The number of hydrogen-bond acceptors (Lipinski definition) is 1. The van der Waals surface area contributed by atoms with Crippen LogP contribution in [0, 0.1) is 18.4 Å². The van der Waals surface area contributed by atoms with Gasteiger partial charge in [0.1, 0.15) is 0 Å². The van der Waals surface area contributed by atoms with Crippen LogP contribution in [0.3, 0.4) is 0 Å². The quantitative estimate of drug-likeness (QED) is 0.523. The lowest BCUT2D eigenvalue weighted by Crippen LogP contribution is -2.39. The topological polar surface area (TPSA) is 20.3 Å². The highest BCUT2D eigenvalue weighted by molar-refractivity contribution is 5.82. The molecule has 1 amide bonds. The van der Waals surface area contributed by atoms with Gasteiger partial charge in [0, 0.05) is 7.05 Å². The van der Waals surface area contributed by atoms with E-state index in [1.807, 2.05) is 18.2 Å². The van der Waals surface area contributed by atoms with Gasteiger partial charge in [0.05, 0.1) is 12.5 Å². The molecule has 2 heteroatoms. The first-order chi connectivity index (χ1) is 5.79. The Balaban J connectivity index is 2.21. The molecule has 2 nitrogen and oxygen atoms in total. The standard InChI is InChI=1S/C10H11NO/c1-11-7-6-8-4-2-3-5-9(8)10(11)12/h2-5,8-9H,6H2,1H3. The third kappa shape index (κ3) is 1.07. The van der Waals surface area contributed by atoms with E-state index in [-0.39, 0.29) is 11.8 Å². The van der Waals surface area contributed by atoms with Gasteiger partial charge in [-0.25, -0.2) is 0 Å². The summed E-state index contributed by atoms with van der Waals surface area (Å²) in [5, 5.41) is 0. The summed E-state index contributed by atoms with van der Waals surface area (Å²) >= 11 is 0. The summed E-state index contributed by atoms with van der Waals surface area (Å²) in [6, 6.07) is 0. The summed E-state index contributed by atoms with van der Waals surface area (Å²) in [5.74, 6) is 0.562. The van der Waals surface area contributed by atoms with E-state index in [0.717, 1.165) is 6.42 Å². The number of nitrogens with zero attached hydrogens (tertiary/aromatic N) is 1. The van der Waals surface area contributed by atoms with E-state index in [0.29, 0.717) is 5.92 Å². The number of fused-ring (bicyclic) bond motifs is 1. The summed E-state index contributed by atoms with van der Waals surface area (Å²) in [4.78, 5) is 13.1. The predicted octanol–water partition coefficient (Wildman–Crippen LogP) is 1.25. The third-order valence-corrected chi connectivity index (χ3v) is 2.43. The molecule has 1 saturated heterocycles. The zero-order valence-electron chi connectivity index (χ0n) is 7.03. The number of piperidine rings is 1. The molecule has 2 radical (unpaired) electrons. The molecule has 0 bridgehead atoms. The van der Waals surface area contributed by atoms with Crippen LogP contribution >= 0.6 is 0 Å². The van der Waals surface area contributed by atoms with Crippen molar-refractivity contribution in [3.8, 4) is 0 Å². The molecule has 12 heavy (non-hydrogen) atoms. The van der Waals surface area contributed by atoms with E-state index in [4.69, 9.17) is 0 Å². The molecule has 2 rings (SSSR count). The smallest absolute Gasteiger partial charge is 0.230 e. The maximum absolute atomic E-state index is 11.5. The molecule has 1 aliphatic carbocycles. The Kier molecular flexibility index (Phi) is 1.75. The van der Waals surface area contributed by atoms with Crippen LogP contribution in [0.1, 0.15) is 6.42 Å². The average molecular weight is 161 g/mol. The molecule has 0 saturated carbocycles. The zero-order chi connectivity index (χ0) is 8.55. The number of amides is 1. The molecule has 1 fully saturated rings. The Hall–Kier alpha value is -1.05. The molecule has 62 valence electrons. The zero-order valence-corrected chi connectivity index (χ0v) is 7.03. The maximum Gasteiger partial charge on any atom is 0.230 e. The van der Waals surface area contributed by atoms with Crippen LogP contribution < -0.4 is 0 Å². The Morgan fingerprint density at radius 2 is 2.25 bits per heavy atom. The minimum atomic E-state index is 0.0567. The van der Waals surface area contributed by atoms with Gasteiger partial charge in [-0.05, 0) is 12.3 Å². The lowest BCUT2D eigenvalue weighted by Gasteiger charge is -2.33. The fraction of sp³-hybridized carbons (Fsp3) is 0.400. The van der Waals surface area contributed by atoms with Gasteiger partial charge in [-0.1, -0.05) is 24.3 Å². The second-order valence-electron chi connectivity index (χ2n) is 3.22. The highest BCUT2D eigenvalue weighted by atomic mass is 16.2. The average Bonchev–Trinajstić information content (AvgIpc) is 2.12. The van der Waals surface area contributed by atoms with Crippen molar-refractivity contribution in [2.24, 2.45) is 11.8 Å². The molecule has 2 unspecified atom stereocenters. The normalized spacial score (nSPS) is 33.8. The molecule has 2 atom stereocenters. The van der Waals surface area contributed by atoms with Crippen molar-refractivity contribution in [1.29, 1.82) is 0 Å². The van der Waals surface area contributed by atoms with Gasteiger partial charge in [0.15, 0.2) is 0 Å². The lowest BCUT2D eigenvalue weighted by atomic mass is 9.82. The number of carbonyl (C=O) groups is 1. The van der Waals surface area contributed by atoms with Crippen LogP contribution in [0.4, 0.5) is 0 Å². The van der Waals surface area contributed by atoms with Crippen molar-refractivity contribution in [1.82, 2.24) is 4.90 Å². The highest BCUT2D eigenvalue weighted by Crippen LogP contribution is 2.30. The highest BCUT2D eigenvalue weighted by Gasteiger charge is 2.32. The summed E-state index contributed by atoms with van der Waals surface area (Å²) in [7, 11) is 1.77. The van der Waals surface area contributed by atoms with Crippen LogP contribution in [0.5, 0.6) is 0 Å². The van der Waals surface area contributed by atoms with Crippen molar-refractivity contribution in [3.63, 3.8) is 0 Å². The van der Waals surface area contributed by atoms with Crippen LogP contribution in [-0.4, -0.2) is 17.9 Å². The fourth-order valence-corrected chi connectivity index (χ4v) is 1.66. The van der Waals surface area contributed by atoms with Crippen molar-refractivity contribution in [2.45, 2.75) is 6.42 Å². The molecule has 0 spiro atoms. The summed E-state index contributed by atoms with van der Waals surface area (Å²) in [6.45, 7) is 3.03. The first-order valence-electron chi connectivity index (χ1n) is 4.15. The van der Waals surface area contributed by atoms with Crippen molar-refractivity contribution >= 4 is 5.91 Å². The Morgan fingerprint density at radius 1 is 1.50 bits per heavy atom. The van der Waals surface area contributed by atoms with Gasteiger partial charge in [0.2, 0.25) is 5.91 Å². The number of carbonyl (C=O) groups excluding carboxylic acids is 1. The Bertz CT molecular complexity index is 255. The fourth-order valence-electron chi connectivity index (χ4n) is 1.66. The summed E-state index contributed by atoms with van der Waals surface area (Å²) < 4.78 is 0. The molecule has 1 heterocycles. The number of likely N-dealkylation sites (tertiary alicyclic amines) is 1. The third-order valence-electron chi connectivity index (χ3n) is 2.43. The molecule has 0 aromatic carbocycles. The van der Waals surface area contributed by atoms with E-state index in [1.54, 1.807) is 11.9 Å². The SMILES string of the molecule is CN1[C]CC2C=CC=CC2C1=O. The molecule has 1 aliphatic heterocycles. The van der Waals surface area contributed by atoms with E-state index in [1.165, 1.54) is 0 Å². The van der Waals surface area contributed by atoms with Crippen LogP contribution in [0.15, 0.2) is 24.3 Å². The Labute approximate surface area is 72.6 Å². The van der Waals surface area contributed by atoms with E-state index >= 15 is 0 Å².